The van der Waals surface area contributed by atoms with E-state index < -0.39 is 17.6 Å². The molecule has 1 amide bonds. The van der Waals surface area contributed by atoms with Crippen molar-refractivity contribution in [3.63, 3.8) is 0 Å². The molecule has 1 aliphatic rings. The van der Waals surface area contributed by atoms with Crippen LogP contribution in [0.3, 0.4) is 0 Å². The third-order valence-electron chi connectivity index (χ3n) is 5.54. The van der Waals surface area contributed by atoms with Crippen LogP contribution in [0.2, 0.25) is 0 Å². The van der Waals surface area contributed by atoms with E-state index in [0.717, 1.165) is 43.9 Å². The lowest BCUT2D eigenvalue weighted by atomic mass is 9.98. The number of rotatable bonds is 6. The van der Waals surface area contributed by atoms with Crippen LogP contribution >= 0.6 is 0 Å². The van der Waals surface area contributed by atoms with Gasteiger partial charge in [0.2, 0.25) is 5.91 Å². The van der Waals surface area contributed by atoms with Crippen molar-refractivity contribution in [2.75, 3.05) is 19.0 Å². The topological polar surface area (TPSA) is 80.3 Å². The fraction of sp³-hybridized carbons (Fsp3) is 0.240. The second kappa shape index (κ2) is 9.77. The SMILES string of the molecule is COC(=O)c1c(F)cccc1-c1ccc(CNC(=O)Cc2ccc3c(n2)NCCC3)c(F)c1. The van der Waals surface area contributed by atoms with Gasteiger partial charge in [-0.3, -0.25) is 4.79 Å². The van der Waals surface area contributed by atoms with E-state index in [1.165, 1.54) is 24.3 Å². The Hall–Kier alpha value is -3.81. The van der Waals surface area contributed by atoms with Crippen LogP contribution in [0.15, 0.2) is 48.5 Å². The van der Waals surface area contributed by atoms with E-state index >= 15 is 0 Å². The maximum atomic E-state index is 14.7. The summed E-state index contributed by atoms with van der Waals surface area (Å²) < 4.78 is 33.6. The van der Waals surface area contributed by atoms with Crippen molar-refractivity contribution in [1.29, 1.82) is 0 Å². The van der Waals surface area contributed by atoms with Crippen molar-refractivity contribution in [3.8, 4) is 11.1 Å². The molecular formula is C25H23F2N3O3. The van der Waals surface area contributed by atoms with Gasteiger partial charge in [-0.25, -0.2) is 18.6 Å². The number of anilines is 1. The minimum Gasteiger partial charge on any atom is -0.465 e. The first-order valence-corrected chi connectivity index (χ1v) is 10.6. The molecule has 0 radical (unpaired) electrons. The molecule has 2 aromatic carbocycles. The molecule has 0 spiro atoms. The number of amides is 1. The van der Waals surface area contributed by atoms with Crippen molar-refractivity contribution in [2.45, 2.75) is 25.8 Å². The number of fused-ring (bicyclic) bond motifs is 1. The second-order valence-corrected chi connectivity index (χ2v) is 7.75. The Labute approximate surface area is 190 Å². The highest BCUT2D eigenvalue weighted by Gasteiger charge is 2.19. The predicted molar refractivity (Wildman–Crippen MR) is 120 cm³/mol. The van der Waals surface area contributed by atoms with Crippen molar-refractivity contribution < 1.29 is 23.1 Å². The minimum atomic E-state index is -0.842. The molecule has 0 fully saturated rings. The number of nitrogens with zero attached hydrogens (tertiary/aromatic N) is 1. The fourth-order valence-electron chi connectivity index (χ4n) is 3.82. The number of pyridine rings is 1. The molecule has 170 valence electrons. The molecule has 1 aromatic heterocycles. The van der Waals surface area contributed by atoms with Gasteiger partial charge in [0.25, 0.3) is 0 Å². The molecule has 8 heteroatoms. The number of hydrogen-bond acceptors (Lipinski definition) is 5. The second-order valence-electron chi connectivity index (χ2n) is 7.75. The Balaban J connectivity index is 1.44. The lowest BCUT2D eigenvalue weighted by Gasteiger charge is -2.17. The standard InChI is InChI=1S/C25H23F2N3O3/c1-33-25(32)23-19(5-2-6-20(23)26)16-7-8-17(21(27)12-16)14-29-22(31)13-18-10-9-15-4-3-11-28-24(15)30-18/h2,5-10,12H,3-4,11,13-14H2,1H3,(H,28,30)(H,29,31). The first-order chi connectivity index (χ1) is 16.0. The summed E-state index contributed by atoms with van der Waals surface area (Å²) in [7, 11) is 1.15. The number of esters is 1. The average molecular weight is 451 g/mol. The van der Waals surface area contributed by atoms with Crippen LogP contribution in [0, 0.1) is 11.6 Å². The Morgan fingerprint density at radius 1 is 1.12 bits per heavy atom. The molecule has 3 aromatic rings. The number of nitrogens with one attached hydrogen (secondary N) is 2. The number of ether oxygens (including phenoxy) is 1. The molecule has 4 rings (SSSR count). The molecule has 0 atom stereocenters. The number of aryl methyl sites for hydroxylation is 1. The molecule has 0 bridgehead atoms. The number of hydrogen-bond donors (Lipinski definition) is 2. The quantitative estimate of drug-likeness (QED) is 0.553. The number of carbonyl (C=O) groups is 2. The summed E-state index contributed by atoms with van der Waals surface area (Å²) in [4.78, 5) is 28.8. The fourth-order valence-corrected chi connectivity index (χ4v) is 3.82. The number of aromatic nitrogens is 1. The van der Waals surface area contributed by atoms with Crippen LogP contribution < -0.4 is 10.6 Å². The van der Waals surface area contributed by atoms with Crippen LogP contribution in [0.25, 0.3) is 11.1 Å². The van der Waals surface area contributed by atoms with E-state index in [-0.39, 0.29) is 35.6 Å². The predicted octanol–water partition coefficient (Wildman–Crippen LogP) is 4.03. The van der Waals surface area contributed by atoms with E-state index in [4.69, 9.17) is 0 Å². The molecule has 0 saturated heterocycles. The molecule has 0 unspecified atom stereocenters. The summed E-state index contributed by atoms with van der Waals surface area (Å²) in [6, 6.07) is 12.2. The first-order valence-electron chi connectivity index (χ1n) is 10.6. The van der Waals surface area contributed by atoms with E-state index in [0.29, 0.717) is 11.3 Å². The molecule has 2 N–H and O–H groups in total. The number of halogens is 2. The Kier molecular flexibility index (Phi) is 6.63. The number of benzene rings is 2. The molecule has 0 aliphatic carbocycles. The summed E-state index contributed by atoms with van der Waals surface area (Å²) in [5.74, 6) is -1.63. The van der Waals surface area contributed by atoms with E-state index in [1.807, 2.05) is 12.1 Å². The molecule has 2 heterocycles. The normalized spacial score (nSPS) is 12.5. The number of carbonyl (C=O) groups excluding carboxylic acids is 2. The average Bonchev–Trinajstić information content (AvgIpc) is 2.82. The van der Waals surface area contributed by atoms with Crippen LogP contribution in [-0.2, 0) is 28.9 Å². The minimum absolute atomic E-state index is 0.0128. The highest BCUT2D eigenvalue weighted by atomic mass is 19.1. The van der Waals surface area contributed by atoms with Crippen molar-refractivity contribution in [2.24, 2.45) is 0 Å². The van der Waals surface area contributed by atoms with Gasteiger partial charge in [-0.2, -0.15) is 0 Å². The Bertz CT molecular complexity index is 1210. The van der Waals surface area contributed by atoms with Crippen molar-refractivity contribution in [3.05, 3.63) is 82.5 Å². The van der Waals surface area contributed by atoms with Gasteiger partial charge in [0.15, 0.2) is 0 Å². The maximum Gasteiger partial charge on any atom is 0.341 e. The van der Waals surface area contributed by atoms with E-state index in [9.17, 15) is 18.4 Å². The van der Waals surface area contributed by atoms with E-state index in [1.54, 1.807) is 6.07 Å². The Morgan fingerprint density at radius 2 is 1.97 bits per heavy atom. The Morgan fingerprint density at radius 3 is 2.76 bits per heavy atom. The molecule has 1 aliphatic heterocycles. The number of methoxy groups -OCH3 is 1. The molecule has 0 saturated carbocycles. The molecular weight excluding hydrogens is 428 g/mol. The van der Waals surface area contributed by atoms with Crippen LogP contribution in [-0.4, -0.2) is 30.5 Å². The van der Waals surface area contributed by atoms with Crippen molar-refractivity contribution >= 4 is 17.7 Å². The molecule has 6 nitrogen and oxygen atoms in total. The lowest BCUT2D eigenvalue weighted by molar-refractivity contribution is -0.120. The van der Waals surface area contributed by atoms with Gasteiger partial charge < -0.3 is 15.4 Å². The zero-order valence-electron chi connectivity index (χ0n) is 18.1. The van der Waals surface area contributed by atoms with Crippen molar-refractivity contribution in [1.82, 2.24) is 10.3 Å². The van der Waals surface area contributed by atoms with Crippen LogP contribution in [0.5, 0.6) is 0 Å². The summed E-state index contributed by atoms with van der Waals surface area (Å²) in [5.41, 5.74) is 2.34. The summed E-state index contributed by atoms with van der Waals surface area (Å²) in [6.07, 6.45) is 2.11. The first kappa shape index (κ1) is 22.4. The highest BCUT2D eigenvalue weighted by molar-refractivity contribution is 5.97. The van der Waals surface area contributed by atoms with Gasteiger partial charge in [0.1, 0.15) is 23.0 Å². The van der Waals surface area contributed by atoms with Gasteiger partial charge >= 0.3 is 5.97 Å². The largest absolute Gasteiger partial charge is 0.465 e. The van der Waals surface area contributed by atoms with E-state index in [2.05, 4.69) is 20.4 Å². The van der Waals surface area contributed by atoms with Gasteiger partial charge in [-0.05, 0) is 47.7 Å². The van der Waals surface area contributed by atoms with Crippen LogP contribution in [0.1, 0.15) is 33.6 Å². The maximum absolute atomic E-state index is 14.7. The summed E-state index contributed by atoms with van der Waals surface area (Å²) in [6.45, 7) is 0.850. The monoisotopic (exact) mass is 451 g/mol. The smallest absolute Gasteiger partial charge is 0.341 e. The van der Waals surface area contributed by atoms with Crippen LogP contribution in [0.4, 0.5) is 14.6 Å². The van der Waals surface area contributed by atoms with Gasteiger partial charge in [-0.15, -0.1) is 0 Å². The third kappa shape index (κ3) is 5.00. The molecule has 33 heavy (non-hydrogen) atoms. The highest BCUT2D eigenvalue weighted by Crippen LogP contribution is 2.28. The van der Waals surface area contributed by atoms with Gasteiger partial charge in [-0.1, -0.05) is 30.3 Å². The third-order valence-corrected chi connectivity index (χ3v) is 5.54. The lowest BCUT2D eigenvalue weighted by Crippen LogP contribution is -2.25. The summed E-state index contributed by atoms with van der Waals surface area (Å²) in [5, 5.41) is 5.94. The zero-order valence-corrected chi connectivity index (χ0v) is 18.1. The van der Waals surface area contributed by atoms with Gasteiger partial charge in [0, 0.05) is 18.7 Å². The summed E-state index contributed by atoms with van der Waals surface area (Å²) >= 11 is 0. The van der Waals surface area contributed by atoms with Gasteiger partial charge in [0.05, 0.1) is 19.2 Å². The zero-order chi connectivity index (χ0) is 23.4.